The number of allylic oxidation sites excluding steroid dienone is 1. The first kappa shape index (κ1) is 14.7. The molecule has 0 saturated heterocycles. The molecule has 0 unspecified atom stereocenters. The predicted molar refractivity (Wildman–Crippen MR) is 80.5 cm³/mol. The molecule has 0 aliphatic carbocycles. The molecule has 0 saturated carbocycles. The fourth-order valence-corrected chi connectivity index (χ4v) is 1.76. The highest BCUT2D eigenvalue weighted by molar-refractivity contribution is 6.07. The predicted octanol–water partition coefficient (Wildman–Crippen LogP) is 3.68. The quantitative estimate of drug-likeness (QED) is 0.687. The molecule has 106 valence electrons. The lowest BCUT2D eigenvalue weighted by Crippen LogP contribution is -2.05. The van der Waals surface area contributed by atoms with Gasteiger partial charge in [-0.3, -0.25) is 9.59 Å². The molecular formula is C17H14FNO2. The van der Waals surface area contributed by atoms with Gasteiger partial charge < -0.3 is 5.32 Å². The van der Waals surface area contributed by atoms with Crippen LogP contribution in [0, 0.1) is 5.82 Å². The highest BCUT2D eigenvalue weighted by atomic mass is 19.1. The maximum absolute atomic E-state index is 12.8. The Hall–Kier alpha value is -2.75. The van der Waals surface area contributed by atoms with Crippen LogP contribution in [-0.2, 0) is 4.79 Å². The summed E-state index contributed by atoms with van der Waals surface area (Å²) >= 11 is 0. The van der Waals surface area contributed by atoms with E-state index in [1.165, 1.54) is 25.1 Å². The van der Waals surface area contributed by atoms with Gasteiger partial charge in [-0.05, 0) is 48.0 Å². The van der Waals surface area contributed by atoms with Crippen molar-refractivity contribution in [1.29, 1.82) is 0 Å². The van der Waals surface area contributed by atoms with Crippen LogP contribution in [0.25, 0.3) is 6.08 Å². The SMILES string of the molecule is CC(=O)Nc1ccc(C(=O)C=Cc2ccc(F)cc2)cc1. The second-order valence-electron chi connectivity index (χ2n) is 4.51. The summed E-state index contributed by atoms with van der Waals surface area (Å²) in [5, 5.41) is 2.63. The van der Waals surface area contributed by atoms with Gasteiger partial charge in [0.2, 0.25) is 5.91 Å². The summed E-state index contributed by atoms with van der Waals surface area (Å²) in [6.07, 6.45) is 3.06. The Labute approximate surface area is 122 Å². The Bertz CT molecular complexity index is 673. The summed E-state index contributed by atoms with van der Waals surface area (Å²) in [7, 11) is 0. The van der Waals surface area contributed by atoms with E-state index in [-0.39, 0.29) is 17.5 Å². The molecule has 0 aromatic heterocycles. The summed E-state index contributed by atoms with van der Waals surface area (Å²) in [4.78, 5) is 22.9. The number of ketones is 1. The molecule has 0 bridgehead atoms. The Morgan fingerprint density at radius 1 is 1.00 bits per heavy atom. The number of hydrogen-bond acceptors (Lipinski definition) is 2. The van der Waals surface area contributed by atoms with Crippen LogP contribution < -0.4 is 5.32 Å². The Kier molecular flexibility index (Phi) is 4.61. The number of amides is 1. The van der Waals surface area contributed by atoms with Gasteiger partial charge in [-0.2, -0.15) is 0 Å². The number of halogens is 1. The summed E-state index contributed by atoms with van der Waals surface area (Å²) < 4.78 is 12.8. The van der Waals surface area contributed by atoms with Gasteiger partial charge in [0.1, 0.15) is 5.82 Å². The summed E-state index contributed by atoms with van der Waals surface area (Å²) in [5.74, 6) is -0.633. The average Bonchev–Trinajstić information content (AvgIpc) is 2.46. The molecule has 2 aromatic rings. The number of carbonyl (C=O) groups excluding carboxylic acids is 2. The van der Waals surface area contributed by atoms with Crippen LogP contribution in [0.5, 0.6) is 0 Å². The van der Waals surface area contributed by atoms with Gasteiger partial charge in [0, 0.05) is 18.2 Å². The van der Waals surface area contributed by atoms with Gasteiger partial charge in [0.05, 0.1) is 0 Å². The van der Waals surface area contributed by atoms with Gasteiger partial charge in [0.15, 0.2) is 5.78 Å². The topological polar surface area (TPSA) is 46.2 Å². The van der Waals surface area contributed by atoms with Crippen LogP contribution in [0.1, 0.15) is 22.8 Å². The highest BCUT2D eigenvalue weighted by Gasteiger charge is 2.02. The molecule has 1 amide bonds. The van der Waals surface area contributed by atoms with Crippen LogP contribution in [0.3, 0.4) is 0 Å². The molecule has 0 atom stereocenters. The molecule has 0 fully saturated rings. The molecule has 0 aliphatic heterocycles. The van der Waals surface area contributed by atoms with E-state index in [9.17, 15) is 14.0 Å². The number of nitrogens with one attached hydrogen (secondary N) is 1. The minimum Gasteiger partial charge on any atom is -0.326 e. The molecule has 0 aliphatic rings. The average molecular weight is 283 g/mol. The number of anilines is 1. The molecule has 1 N–H and O–H groups in total. The molecule has 0 radical (unpaired) electrons. The summed E-state index contributed by atoms with van der Waals surface area (Å²) in [6, 6.07) is 12.5. The van der Waals surface area contributed by atoms with Crippen molar-refractivity contribution in [3.8, 4) is 0 Å². The third-order valence-corrected chi connectivity index (χ3v) is 2.79. The minimum atomic E-state index is -0.313. The first-order valence-electron chi connectivity index (χ1n) is 6.40. The van der Waals surface area contributed by atoms with Gasteiger partial charge in [-0.25, -0.2) is 4.39 Å². The van der Waals surface area contributed by atoms with E-state index in [1.807, 2.05) is 0 Å². The largest absolute Gasteiger partial charge is 0.326 e. The third kappa shape index (κ3) is 4.38. The van der Waals surface area contributed by atoms with E-state index in [1.54, 1.807) is 42.5 Å². The molecule has 2 aromatic carbocycles. The van der Waals surface area contributed by atoms with Crippen LogP contribution in [0.4, 0.5) is 10.1 Å². The van der Waals surface area contributed by atoms with Crippen molar-refractivity contribution < 1.29 is 14.0 Å². The van der Waals surface area contributed by atoms with Crippen molar-refractivity contribution in [3.63, 3.8) is 0 Å². The van der Waals surface area contributed by atoms with Crippen molar-refractivity contribution in [2.75, 3.05) is 5.32 Å². The zero-order chi connectivity index (χ0) is 15.2. The zero-order valence-electron chi connectivity index (χ0n) is 11.5. The number of carbonyl (C=O) groups is 2. The second kappa shape index (κ2) is 6.61. The lowest BCUT2D eigenvalue weighted by atomic mass is 10.1. The first-order valence-corrected chi connectivity index (χ1v) is 6.40. The van der Waals surface area contributed by atoms with Crippen molar-refractivity contribution in [2.45, 2.75) is 6.92 Å². The fourth-order valence-electron chi connectivity index (χ4n) is 1.76. The number of hydrogen-bond donors (Lipinski definition) is 1. The van der Waals surface area contributed by atoms with Crippen molar-refractivity contribution in [2.24, 2.45) is 0 Å². The first-order chi connectivity index (χ1) is 10.0. The molecule has 21 heavy (non-hydrogen) atoms. The van der Waals surface area contributed by atoms with E-state index in [2.05, 4.69) is 5.32 Å². The van der Waals surface area contributed by atoms with Crippen LogP contribution in [0.2, 0.25) is 0 Å². The van der Waals surface area contributed by atoms with E-state index in [0.717, 1.165) is 5.56 Å². The zero-order valence-corrected chi connectivity index (χ0v) is 11.5. The smallest absolute Gasteiger partial charge is 0.221 e. The van der Waals surface area contributed by atoms with Crippen molar-refractivity contribution in [1.82, 2.24) is 0 Å². The van der Waals surface area contributed by atoms with E-state index >= 15 is 0 Å². The van der Waals surface area contributed by atoms with Gasteiger partial charge >= 0.3 is 0 Å². The molecule has 2 rings (SSSR count). The molecule has 0 spiro atoms. The maximum Gasteiger partial charge on any atom is 0.221 e. The molecule has 4 heteroatoms. The Morgan fingerprint density at radius 2 is 1.62 bits per heavy atom. The van der Waals surface area contributed by atoms with E-state index in [0.29, 0.717) is 11.3 Å². The minimum absolute atomic E-state index is 0.159. The van der Waals surface area contributed by atoms with Crippen LogP contribution in [-0.4, -0.2) is 11.7 Å². The highest BCUT2D eigenvalue weighted by Crippen LogP contribution is 2.11. The monoisotopic (exact) mass is 283 g/mol. The number of benzene rings is 2. The fraction of sp³-hybridized carbons (Fsp3) is 0.0588. The second-order valence-corrected chi connectivity index (χ2v) is 4.51. The van der Waals surface area contributed by atoms with Crippen molar-refractivity contribution >= 4 is 23.5 Å². The number of rotatable bonds is 4. The van der Waals surface area contributed by atoms with Gasteiger partial charge in [0.25, 0.3) is 0 Å². The lowest BCUT2D eigenvalue weighted by molar-refractivity contribution is -0.114. The normalized spacial score (nSPS) is 10.6. The standard InChI is InChI=1S/C17H14FNO2/c1-12(20)19-16-9-5-14(6-10-16)17(21)11-4-13-2-7-15(18)8-3-13/h2-11H,1H3,(H,19,20). The van der Waals surface area contributed by atoms with Gasteiger partial charge in [-0.15, -0.1) is 0 Å². The third-order valence-electron chi connectivity index (χ3n) is 2.79. The summed E-state index contributed by atoms with van der Waals surface area (Å²) in [6.45, 7) is 1.42. The Balaban J connectivity index is 2.06. The van der Waals surface area contributed by atoms with E-state index < -0.39 is 0 Å². The maximum atomic E-state index is 12.8. The molecular weight excluding hydrogens is 269 g/mol. The van der Waals surface area contributed by atoms with E-state index in [4.69, 9.17) is 0 Å². The molecule has 0 heterocycles. The Morgan fingerprint density at radius 3 is 2.19 bits per heavy atom. The van der Waals surface area contributed by atoms with Gasteiger partial charge in [-0.1, -0.05) is 18.2 Å². The van der Waals surface area contributed by atoms with Crippen LogP contribution >= 0.6 is 0 Å². The lowest BCUT2D eigenvalue weighted by Gasteiger charge is -2.02. The summed E-state index contributed by atoms with van der Waals surface area (Å²) in [5.41, 5.74) is 1.91. The van der Waals surface area contributed by atoms with Crippen LogP contribution in [0.15, 0.2) is 54.6 Å². The van der Waals surface area contributed by atoms with Crippen molar-refractivity contribution in [3.05, 3.63) is 71.6 Å². The molecule has 3 nitrogen and oxygen atoms in total.